The number of carbonyl (C=O) groups excluding carboxylic acids is 1. The van der Waals surface area contributed by atoms with Gasteiger partial charge in [0, 0.05) is 6.61 Å². The predicted molar refractivity (Wildman–Crippen MR) is 48.7 cm³/mol. The first-order valence-electron chi connectivity index (χ1n) is 4.60. The van der Waals surface area contributed by atoms with Gasteiger partial charge in [0.2, 0.25) is 12.4 Å². The normalized spacial score (nSPS) is 21.0. The maximum atomic E-state index is 10.1. The first kappa shape index (κ1) is 9.14. The van der Waals surface area contributed by atoms with E-state index < -0.39 is 0 Å². The standard InChI is InChI=1S/C8H12N4O2/c13-6-10-8-9-5-12(11-8)4-7-2-1-3-14-7/h5-7H,1-4H2,(H,10,11,13). The highest BCUT2D eigenvalue weighted by molar-refractivity contribution is 5.66. The number of nitrogens with one attached hydrogen (secondary N) is 1. The van der Waals surface area contributed by atoms with E-state index in [9.17, 15) is 4.79 Å². The lowest BCUT2D eigenvalue weighted by Crippen LogP contribution is -2.15. The van der Waals surface area contributed by atoms with Gasteiger partial charge in [-0.3, -0.25) is 10.1 Å². The van der Waals surface area contributed by atoms with Crippen LogP contribution >= 0.6 is 0 Å². The molecule has 1 N–H and O–H groups in total. The lowest BCUT2D eigenvalue weighted by Gasteiger charge is -2.07. The Balaban J connectivity index is 1.91. The molecule has 0 spiro atoms. The second-order valence-electron chi connectivity index (χ2n) is 3.19. The van der Waals surface area contributed by atoms with Crippen molar-refractivity contribution < 1.29 is 9.53 Å². The highest BCUT2D eigenvalue weighted by Crippen LogP contribution is 2.13. The third kappa shape index (κ3) is 2.08. The van der Waals surface area contributed by atoms with Gasteiger partial charge in [-0.05, 0) is 12.8 Å². The van der Waals surface area contributed by atoms with E-state index >= 15 is 0 Å². The van der Waals surface area contributed by atoms with E-state index in [1.165, 1.54) is 0 Å². The van der Waals surface area contributed by atoms with E-state index in [-0.39, 0.29) is 6.10 Å². The Morgan fingerprint density at radius 2 is 2.71 bits per heavy atom. The summed E-state index contributed by atoms with van der Waals surface area (Å²) in [6.07, 6.45) is 4.56. The van der Waals surface area contributed by atoms with Crippen LogP contribution in [0.5, 0.6) is 0 Å². The monoisotopic (exact) mass is 196 g/mol. The maximum Gasteiger partial charge on any atom is 0.248 e. The third-order valence-electron chi connectivity index (χ3n) is 2.14. The largest absolute Gasteiger partial charge is 0.376 e. The Morgan fingerprint density at radius 1 is 1.79 bits per heavy atom. The van der Waals surface area contributed by atoms with E-state index in [2.05, 4.69) is 15.4 Å². The Morgan fingerprint density at radius 3 is 3.43 bits per heavy atom. The van der Waals surface area contributed by atoms with Gasteiger partial charge in [-0.1, -0.05) is 0 Å². The molecule has 1 aliphatic rings. The maximum absolute atomic E-state index is 10.1. The second-order valence-corrected chi connectivity index (χ2v) is 3.19. The van der Waals surface area contributed by atoms with Crippen LogP contribution in [0.1, 0.15) is 12.8 Å². The van der Waals surface area contributed by atoms with Crippen molar-refractivity contribution in [2.24, 2.45) is 0 Å². The number of hydrogen-bond donors (Lipinski definition) is 1. The summed E-state index contributed by atoms with van der Waals surface area (Å²) in [4.78, 5) is 14.0. The van der Waals surface area contributed by atoms with Crippen LogP contribution < -0.4 is 5.32 Å². The summed E-state index contributed by atoms with van der Waals surface area (Å²) in [6, 6.07) is 0. The molecule has 0 saturated carbocycles. The topological polar surface area (TPSA) is 69.0 Å². The smallest absolute Gasteiger partial charge is 0.248 e. The molecular weight excluding hydrogens is 184 g/mol. The average molecular weight is 196 g/mol. The number of rotatable bonds is 4. The van der Waals surface area contributed by atoms with E-state index in [0.29, 0.717) is 18.9 Å². The molecule has 1 unspecified atom stereocenters. The Kier molecular flexibility index (Phi) is 2.73. The van der Waals surface area contributed by atoms with Gasteiger partial charge in [0.1, 0.15) is 6.33 Å². The molecule has 1 saturated heterocycles. The summed E-state index contributed by atoms with van der Waals surface area (Å²) in [5, 5.41) is 6.44. The number of hydrogen-bond acceptors (Lipinski definition) is 4. The molecule has 0 aliphatic carbocycles. The number of ether oxygens (including phenoxy) is 1. The number of nitrogens with zero attached hydrogens (tertiary/aromatic N) is 3. The van der Waals surface area contributed by atoms with Gasteiger partial charge in [-0.2, -0.15) is 0 Å². The van der Waals surface area contributed by atoms with E-state index in [1.807, 2.05) is 0 Å². The molecule has 1 amide bonds. The molecule has 76 valence electrons. The fourth-order valence-electron chi connectivity index (χ4n) is 1.50. The molecule has 2 heterocycles. The van der Waals surface area contributed by atoms with Gasteiger partial charge in [0.25, 0.3) is 0 Å². The van der Waals surface area contributed by atoms with Crippen LogP contribution in [0.2, 0.25) is 0 Å². The Bertz CT molecular complexity index is 306. The minimum atomic E-state index is 0.237. The van der Waals surface area contributed by atoms with Crippen molar-refractivity contribution >= 4 is 12.4 Å². The molecule has 1 aromatic rings. The Hall–Kier alpha value is -1.43. The van der Waals surface area contributed by atoms with Crippen LogP contribution in [0.3, 0.4) is 0 Å². The molecule has 1 fully saturated rings. The number of anilines is 1. The van der Waals surface area contributed by atoms with Gasteiger partial charge < -0.3 is 4.74 Å². The molecule has 6 nitrogen and oxygen atoms in total. The number of carbonyl (C=O) groups is 1. The number of amides is 1. The molecule has 2 rings (SSSR count). The zero-order valence-corrected chi connectivity index (χ0v) is 7.72. The summed E-state index contributed by atoms with van der Waals surface area (Å²) >= 11 is 0. The van der Waals surface area contributed by atoms with Crippen molar-refractivity contribution in [3.63, 3.8) is 0 Å². The zero-order chi connectivity index (χ0) is 9.80. The molecule has 1 aliphatic heterocycles. The minimum Gasteiger partial charge on any atom is -0.376 e. The van der Waals surface area contributed by atoms with Crippen molar-refractivity contribution in [1.29, 1.82) is 0 Å². The van der Waals surface area contributed by atoms with Gasteiger partial charge in [0.15, 0.2) is 0 Å². The molecular formula is C8H12N4O2. The van der Waals surface area contributed by atoms with Crippen LogP contribution in [0.25, 0.3) is 0 Å². The summed E-state index contributed by atoms with van der Waals surface area (Å²) in [6.45, 7) is 1.53. The summed E-state index contributed by atoms with van der Waals surface area (Å²) in [5.74, 6) is 0.331. The summed E-state index contributed by atoms with van der Waals surface area (Å²) < 4.78 is 7.13. The molecule has 1 atom stereocenters. The van der Waals surface area contributed by atoms with Crippen LogP contribution in [0, 0.1) is 0 Å². The molecule has 1 aromatic heterocycles. The van der Waals surface area contributed by atoms with Crippen molar-refractivity contribution in [3.8, 4) is 0 Å². The SMILES string of the molecule is O=CNc1ncn(CC2CCCO2)n1. The highest BCUT2D eigenvalue weighted by Gasteiger charge is 2.16. The van der Waals surface area contributed by atoms with Gasteiger partial charge in [-0.25, -0.2) is 9.67 Å². The first-order chi connectivity index (χ1) is 6.88. The highest BCUT2D eigenvalue weighted by atomic mass is 16.5. The lowest BCUT2D eigenvalue weighted by molar-refractivity contribution is -0.105. The average Bonchev–Trinajstić information content (AvgIpc) is 2.79. The van der Waals surface area contributed by atoms with Crippen molar-refractivity contribution in [1.82, 2.24) is 14.8 Å². The quantitative estimate of drug-likeness (QED) is 0.689. The van der Waals surface area contributed by atoms with Crippen LogP contribution in [-0.2, 0) is 16.1 Å². The van der Waals surface area contributed by atoms with Gasteiger partial charge in [0.05, 0.1) is 12.6 Å². The summed E-state index contributed by atoms with van der Waals surface area (Å²) in [7, 11) is 0. The van der Waals surface area contributed by atoms with Crippen molar-refractivity contribution in [3.05, 3.63) is 6.33 Å². The predicted octanol–water partition coefficient (Wildman–Crippen LogP) is 0.0254. The molecule has 0 radical (unpaired) electrons. The Labute approximate surface area is 81.3 Å². The van der Waals surface area contributed by atoms with Crippen molar-refractivity contribution in [2.45, 2.75) is 25.5 Å². The summed E-state index contributed by atoms with van der Waals surface area (Å²) in [5.41, 5.74) is 0. The third-order valence-corrected chi connectivity index (χ3v) is 2.14. The lowest BCUT2D eigenvalue weighted by atomic mass is 10.2. The van der Waals surface area contributed by atoms with E-state index in [1.54, 1.807) is 11.0 Å². The van der Waals surface area contributed by atoms with E-state index in [4.69, 9.17) is 4.74 Å². The van der Waals surface area contributed by atoms with Gasteiger partial charge in [-0.15, -0.1) is 5.10 Å². The van der Waals surface area contributed by atoms with Crippen LogP contribution in [-0.4, -0.2) is 33.9 Å². The molecule has 0 aromatic carbocycles. The first-order valence-corrected chi connectivity index (χ1v) is 4.60. The molecule has 6 heteroatoms. The number of aromatic nitrogens is 3. The van der Waals surface area contributed by atoms with E-state index in [0.717, 1.165) is 19.4 Å². The van der Waals surface area contributed by atoms with Gasteiger partial charge >= 0.3 is 0 Å². The molecule has 0 bridgehead atoms. The fraction of sp³-hybridized carbons (Fsp3) is 0.625. The fourth-order valence-corrected chi connectivity index (χ4v) is 1.50. The van der Waals surface area contributed by atoms with Crippen molar-refractivity contribution in [2.75, 3.05) is 11.9 Å². The minimum absolute atomic E-state index is 0.237. The van der Waals surface area contributed by atoms with Crippen LogP contribution in [0.15, 0.2) is 6.33 Å². The molecule has 14 heavy (non-hydrogen) atoms. The van der Waals surface area contributed by atoms with Crippen LogP contribution in [0.4, 0.5) is 5.95 Å². The zero-order valence-electron chi connectivity index (χ0n) is 7.72. The second kappa shape index (κ2) is 4.19.